The first kappa shape index (κ1) is 22.5. The molecular weight excluding hydrogens is 550 g/mol. The number of hydrogen-bond donors (Lipinski definition) is 2. The Hall–Kier alpha value is -1.82. The molecule has 3 rings (SSSR count). The summed E-state index contributed by atoms with van der Waals surface area (Å²) in [7, 11) is 1.60. The van der Waals surface area contributed by atoms with Gasteiger partial charge in [-0.3, -0.25) is 4.99 Å². The van der Waals surface area contributed by atoms with Gasteiger partial charge < -0.3 is 15.0 Å². The molecule has 0 saturated carbocycles. The number of hydrogen-bond acceptors (Lipinski definition) is 2. The van der Waals surface area contributed by atoms with Crippen LogP contribution in [0.25, 0.3) is 5.65 Å². The Kier molecular flexibility index (Phi) is 7.70. The van der Waals surface area contributed by atoms with E-state index in [-0.39, 0.29) is 30.5 Å². The number of rotatable bonds is 4. The molecule has 3 aromatic rings. The largest absolute Gasteiger partial charge is 0.416 e. The molecule has 0 aliphatic rings. The molecule has 0 unspecified atom stereocenters. The maximum Gasteiger partial charge on any atom is 0.416 e. The van der Waals surface area contributed by atoms with Crippen molar-refractivity contribution in [2.45, 2.75) is 19.3 Å². The number of fused-ring (bicyclic) bond motifs is 1. The van der Waals surface area contributed by atoms with Gasteiger partial charge in [-0.1, -0.05) is 12.1 Å². The van der Waals surface area contributed by atoms with Crippen molar-refractivity contribution in [3.63, 3.8) is 0 Å². The van der Waals surface area contributed by atoms with Crippen molar-refractivity contribution >= 4 is 51.5 Å². The molecular formula is C18H18BrF3IN5. The smallest absolute Gasteiger partial charge is 0.352 e. The highest BCUT2D eigenvalue weighted by Gasteiger charge is 2.30. The summed E-state index contributed by atoms with van der Waals surface area (Å²) in [5.41, 5.74) is 1.49. The zero-order valence-electron chi connectivity index (χ0n) is 14.8. The number of imidazole rings is 1. The highest BCUT2D eigenvalue weighted by molar-refractivity contribution is 14.0. The van der Waals surface area contributed by atoms with Gasteiger partial charge in [-0.15, -0.1) is 24.0 Å². The second kappa shape index (κ2) is 9.59. The van der Waals surface area contributed by atoms with Crippen LogP contribution in [0.2, 0.25) is 0 Å². The molecule has 150 valence electrons. The second-order valence-electron chi connectivity index (χ2n) is 5.82. The summed E-state index contributed by atoms with van der Waals surface area (Å²) in [6, 6.07) is 9.02. The standard InChI is InChI=1S/C18H17BrF3N5.HI/c1-23-17(24-8-12-3-2-4-13(7-12)18(20,21)22)25-9-15-11-27-10-14(19)5-6-16(27)26-15;/h2-7,10-11H,8-9H2,1H3,(H2,23,24,25);1H. The Morgan fingerprint density at radius 2 is 1.89 bits per heavy atom. The molecule has 1 aromatic carbocycles. The van der Waals surface area contributed by atoms with Gasteiger partial charge in [0.15, 0.2) is 5.96 Å². The van der Waals surface area contributed by atoms with Crippen molar-refractivity contribution < 1.29 is 13.2 Å². The first-order valence-corrected chi connectivity index (χ1v) is 8.88. The molecule has 10 heteroatoms. The SMILES string of the molecule is CN=C(NCc1cccc(C(F)(F)F)c1)NCc1cn2cc(Br)ccc2n1.I. The van der Waals surface area contributed by atoms with Gasteiger partial charge in [0.25, 0.3) is 0 Å². The number of alkyl halides is 3. The third-order valence-electron chi connectivity index (χ3n) is 3.84. The number of pyridine rings is 1. The summed E-state index contributed by atoms with van der Waals surface area (Å²) < 4.78 is 41.2. The van der Waals surface area contributed by atoms with Crippen molar-refractivity contribution in [1.82, 2.24) is 20.0 Å². The van der Waals surface area contributed by atoms with Gasteiger partial charge >= 0.3 is 6.18 Å². The van der Waals surface area contributed by atoms with Gasteiger partial charge in [-0.05, 0) is 45.8 Å². The minimum absolute atomic E-state index is 0. The van der Waals surface area contributed by atoms with Crippen molar-refractivity contribution in [2.24, 2.45) is 4.99 Å². The van der Waals surface area contributed by atoms with Crippen LogP contribution in [0, 0.1) is 0 Å². The lowest BCUT2D eigenvalue weighted by Crippen LogP contribution is -2.36. The fourth-order valence-electron chi connectivity index (χ4n) is 2.54. The maximum atomic E-state index is 12.8. The monoisotopic (exact) mass is 567 g/mol. The topological polar surface area (TPSA) is 53.7 Å². The van der Waals surface area contributed by atoms with E-state index < -0.39 is 11.7 Å². The normalized spacial score (nSPS) is 12.0. The third-order valence-corrected chi connectivity index (χ3v) is 4.31. The average molecular weight is 568 g/mol. The molecule has 0 saturated heterocycles. The molecule has 2 N–H and O–H groups in total. The van der Waals surface area contributed by atoms with E-state index in [4.69, 9.17) is 0 Å². The van der Waals surface area contributed by atoms with Crippen LogP contribution in [0.5, 0.6) is 0 Å². The number of nitrogens with one attached hydrogen (secondary N) is 2. The summed E-state index contributed by atoms with van der Waals surface area (Å²) in [5, 5.41) is 6.11. The van der Waals surface area contributed by atoms with E-state index in [0.717, 1.165) is 27.9 Å². The molecule has 2 aromatic heterocycles. The van der Waals surface area contributed by atoms with Crippen LogP contribution in [-0.4, -0.2) is 22.4 Å². The van der Waals surface area contributed by atoms with E-state index >= 15 is 0 Å². The number of aliphatic imine (C=N–C) groups is 1. The van der Waals surface area contributed by atoms with Crippen LogP contribution < -0.4 is 10.6 Å². The molecule has 0 spiro atoms. The van der Waals surface area contributed by atoms with Crippen LogP contribution in [-0.2, 0) is 19.3 Å². The molecule has 5 nitrogen and oxygen atoms in total. The van der Waals surface area contributed by atoms with Crippen molar-refractivity contribution in [3.05, 3.63) is 70.1 Å². The Labute approximate surface area is 185 Å². The molecule has 0 aliphatic heterocycles. The summed E-state index contributed by atoms with van der Waals surface area (Å²) in [6.07, 6.45) is -0.548. The van der Waals surface area contributed by atoms with Crippen LogP contribution in [0.15, 0.2) is 58.3 Å². The van der Waals surface area contributed by atoms with Crippen LogP contribution in [0.3, 0.4) is 0 Å². The second-order valence-corrected chi connectivity index (χ2v) is 6.74. The number of halogens is 5. The van der Waals surface area contributed by atoms with Crippen LogP contribution in [0.1, 0.15) is 16.8 Å². The fourth-order valence-corrected chi connectivity index (χ4v) is 2.89. The summed E-state index contributed by atoms with van der Waals surface area (Å²) in [6.45, 7) is 0.656. The van der Waals surface area contributed by atoms with Crippen molar-refractivity contribution in [1.29, 1.82) is 0 Å². The molecule has 28 heavy (non-hydrogen) atoms. The van der Waals surface area contributed by atoms with E-state index in [2.05, 4.69) is 36.5 Å². The zero-order chi connectivity index (χ0) is 19.4. The van der Waals surface area contributed by atoms with E-state index in [1.165, 1.54) is 6.07 Å². The van der Waals surface area contributed by atoms with E-state index in [1.807, 2.05) is 28.9 Å². The first-order chi connectivity index (χ1) is 12.8. The summed E-state index contributed by atoms with van der Waals surface area (Å²) >= 11 is 3.41. The Morgan fingerprint density at radius 1 is 1.14 bits per heavy atom. The van der Waals surface area contributed by atoms with Gasteiger partial charge in [-0.2, -0.15) is 13.2 Å². The van der Waals surface area contributed by atoms with Gasteiger partial charge in [0.1, 0.15) is 5.65 Å². The summed E-state index contributed by atoms with van der Waals surface area (Å²) in [5.74, 6) is 0.477. The molecule has 0 amide bonds. The molecule has 0 bridgehead atoms. The molecule has 2 heterocycles. The lowest BCUT2D eigenvalue weighted by atomic mass is 10.1. The van der Waals surface area contributed by atoms with E-state index in [0.29, 0.717) is 18.1 Å². The van der Waals surface area contributed by atoms with E-state index in [9.17, 15) is 13.2 Å². The number of aromatic nitrogens is 2. The van der Waals surface area contributed by atoms with Gasteiger partial charge in [0.2, 0.25) is 0 Å². The van der Waals surface area contributed by atoms with E-state index in [1.54, 1.807) is 13.1 Å². The Balaban J connectivity index is 0.00000280. The maximum absolute atomic E-state index is 12.8. The zero-order valence-corrected chi connectivity index (χ0v) is 18.7. The Morgan fingerprint density at radius 3 is 2.61 bits per heavy atom. The van der Waals surface area contributed by atoms with Crippen LogP contribution >= 0.6 is 39.9 Å². The van der Waals surface area contributed by atoms with Gasteiger partial charge in [-0.25, -0.2) is 4.98 Å². The molecule has 0 atom stereocenters. The van der Waals surface area contributed by atoms with Gasteiger partial charge in [0, 0.05) is 30.5 Å². The lowest BCUT2D eigenvalue weighted by molar-refractivity contribution is -0.137. The fraction of sp³-hybridized carbons (Fsp3) is 0.222. The molecule has 0 radical (unpaired) electrons. The van der Waals surface area contributed by atoms with Crippen LogP contribution in [0.4, 0.5) is 13.2 Å². The number of benzene rings is 1. The highest BCUT2D eigenvalue weighted by Crippen LogP contribution is 2.29. The quantitative estimate of drug-likeness (QED) is 0.275. The van der Waals surface area contributed by atoms with Gasteiger partial charge in [0.05, 0.1) is 17.8 Å². The molecule has 0 fully saturated rings. The summed E-state index contributed by atoms with van der Waals surface area (Å²) in [4.78, 5) is 8.58. The number of nitrogens with zero attached hydrogens (tertiary/aromatic N) is 3. The van der Waals surface area contributed by atoms with Crippen molar-refractivity contribution in [2.75, 3.05) is 7.05 Å². The predicted molar refractivity (Wildman–Crippen MR) is 117 cm³/mol. The Bertz CT molecular complexity index is 971. The lowest BCUT2D eigenvalue weighted by Gasteiger charge is -2.12. The minimum atomic E-state index is -4.35. The minimum Gasteiger partial charge on any atom is -0.352 e. The first-order valence-electron chi connectivity index (χ1n) is 8.09. The van der Waals surface area contributed by atoms with Crippen molar-refractivity contribution in [3.8, 4) is 0 Å². The average Bonchev–Trinajstić information content (AvgIpc) is 3.03. The number of guanidine groups is 1. The highest BCUT2D eigenvalue weighted by atomic mass is 127. The third kappa shape index (κ3) is 5.84. The molecule has 0 aliphatic carbocycles. The predicted octanol–water partition coefficient (Wildman–Crippen LogP) is 4.60.